The van der Waals surface area contributed by atoms with Crippen molar-refractivity contribution in [2.45, 2.75) is 45.3 Å². The van der Waals surface area contributed by atoms with Crippen molar-refractivity contribution >= 4 is 34.1 Å². The number of nitrogens with zero attached hydrogens (tertiary/aromatic N) is 5. The van der Waals surface area contributed by atoms with Crippen LogP contribution in [0.5, 0.6) is 0 Å². The molecule has 0 spiro atoms. The third-order valence-electron chi connectivity index (χ3n) is 6.85. The molecule has 1 amide bonds. The molecule has 10 nitrogen and oxygen atoms in total. The number of pyridine rings is 3. The number of nitrogen functional groups attached to an aromatic ring is 1. The van der Waals surface area contributed by atoms with Crippen LogP contribution in [0.4, 0.5) is 17.5 Å². The van der Waals surface area contributed by atoms with Crippen molar-refractivity contribution in [2.24, 2.45) is 0 Å². The molecule has 6 rings (SSSR count). The van der Waals surface area contributed by atoms with Gasteiger partial charge in [-0.1, -0.05) is 0 Å². The van der Waals surface area contributed by atoms with Crippen LogP contribution in [0.2, 0.25) is 0 Å². The van der Waals surface area contributed by atoms with E-state index in [1.165, 1.54) is 0 Å². The van der Waals surface area contributed by atoms with Crippen LogP contribution in [0, 0.1) is 6.92 Å². The zero-order chi connectivity index (χ0) is 24.1. The number of hydrogen-bond donors (Lipinski definition) is 4. The standard InChI is InChI=1S/C25H26N8O2/c1-13-17-9-16(34)2-3-20(17)28-10-18(13)21-6-14-7-22(29-11-19(14)25(26)30-21)31-23-8-15-4-5-27-24(35)12-33(15)32-23/h6-8,10-11,16,34H,2-5,9,12H2,1H3,(H2,26,30)(H,27,35)(H,29,31,32)/t16-/m1/s1. The van der Waals surface area contributed by atoms with E-state index < -0.39 is 0 Å². The van der Waals surface area contributed by atoms with Gasteiger partial charge in [0.2, 0.25) is 5.91 Å². The summed E-state index contributed by atoms with van der Waals surface area (Å²) in [6.45, 7) is 2.86. The zero-order valence-corrected chi connectivity index (χ0v) is 19.4. The summed E-state index contributed by atoms with van der Waals surface area (Å²) in [6.07, 6.45) is 6.09. The Morgan fingerprint density at radius 1 is 1.17 bits per heavy atom. The molecule has 1 atom stereocenters. The molecule has 4 aromatic rings. The fourth-order valence-electron chi connectivity index (χ4n) is 4.97. The van der Waals surface area contributed by atoms with Gasteiger partial charge in [0, 0.05) is 60.2 Å². The largest absolute Gasteiger partial charge is 0.393 e. The number of aliphatic hydroxyl groups is 1. The van der Waals surface area contributed by atoms with Gasteiger partial charge in [-0.15, -0.1) is 0 Å². The number of rotatable bonds is 3. The lowest BCUT2D eigenvalue weighted by atomic mass is 9.88. The molecule has 0 radical (unpaired) electrons. The van der Waals surface area contributed by atoms with E-state index in [4.69, 9.17) is 5.73 Å². The molecule has 5 N–H and O–H groups in total. The third kappa shape index (κ3) is 3.95. The van der Waals surface area contributed by atoms with E-state index in [9.17, 15) is 9.90 Å². The highest BCUT2D eigenvalue weighted by atomic mass is 16.3. The molecule has 35 heavy (non-hydrogen) atoms. The van der Waals surface area contributed by atoms with Gasteiger partial charge < -0.3 is 21.5 Å². The Morgan fingerprint density at radius 3 is 2.94 bits per heavy atom. The predicted molar refractivity (Wildman–Crippen MR) is 132 cm³/mol. The molecule has 0 fully saturated rings. The van der Waals surface area contributed by atoms with Crippen molar-refractivity contribution in [3.05, 3.63) is 53.1 Å². The van der Waals surface area contributed by atoms with Crippen LogP contribution in [-0.2, 0) is 30.6 Å². The number of anilines is 3. The van der Waals surface area contributed by atoms with Crippen molar-refractivity contribution in [1.29, 1.82) is 0 Å². The quantitative estimate of drug-likeness (QED) is 0.356. The summed E-state index contributed by atoms with van der Waals surface area (Å²) in [5.74, 6) is 1.61. The molecule has 0 unspecified atom stereocenters. The number of aryl methyl sites for hydroxylation is 1. The monoisotopic (exact) mass is 470 g/mol. The van der Waals surface area contributed by atoms with Crippen LogP contribution < -0.4 is 16.4 Å². The van der Waals surface area contributed by atoms with Crippen molar-refractivity contribution in [3.63, 3.8) is 0 Å². The Hall–Kier alpha value is -4.05. The molecule has 0 aromatic carbocycles. The smallest absolute Gasteiger partial charge is 0.241 e. The Kier molecular flexibility index (Phi) is 5.10. The second-order valence-corrected chi connectivity index (χ2v) is 9.21. The molecular formula is C25H26N8O2. The lowest BCUT2D eigenvalue weighted by Crippen LogP contribution is -2.25. The van der Waals surface area contributed by atoms with E-state index in [1.807, 2.05) is 24.4 Å². The van der Waals surface area contributed by atoms with E-state index in [2.05, 4.69) is 37.6 Å². The number of carbonyl (C=O) groups excluding carboxylic acids is 1. The van der Waals surface area contributed by atoms with Crippen molar-refractivity contribution in [1.82, 2.24) is 30.0 Å². The molecule has 1 aliphatic heterocycles. The lowest BCUT2D eigenvalue weighted by Gasteiger charge is -2.23. The van der Waals surface area contributed by atoms with Crippen LogP contribution in [0.1, 0.15) is 28.9 Å². The van der Waals surface area contributed by atoms with E-state index in [1.54, 1.807) is 10.9 Å². The Morgan fingerprint density at radius 2 is 2.06 bits per heavy atom. The molecule has 4 aromatic heterocycles. The molecule has 0 bridgehead atoms. The molecule has 0 saturated carbocycles. The van der Waals surface area contributed by atoms with Gasteiger partial charge in [0.05, 0.1) is 11.8 Å². The maximum Gasteiger partial charge on any atom is 0.241 e. The van der Waals surface area contributed by atoms with Gasteiger partial charge in [-0.3, -0.25) is 14.5 Å². The molecule has 1 aliphatic carbocycles. The maximum atomic E-state index is 11.8. The minimum Gasteiger partial charge on any atom is -0.393 e. The number of fused-ring (bicyclic) bond motifs is 3. The average Bonchev–Trinajstić information content (AvgIpc) is 3.10. The fourth-order valence-corrected chi connectivity index (χ4v) is 4.97. The highest BCUT2D eigenvalue weighted by Gasteiger charge is 2.22. The molecule has 2 aliphatic rings. The normalized spacial score (nSPS) is 17.4. The number of amides is 1. The van der Waals surface area contributed by atoms with Crippen LogP contribution in [0.15, 0.2) is 30.6 Å². The first kappa shape index (κ1) is 21.5. The number of hydrogen-bond acceptors (Lipinski definition) is 8. The van der Waals surface area contributed by atoms with Gasteiger partial charge in [-0.05, 0) is 48.4 Å². The van der Waals surface area contributed by atoms with Crippen molar-refractivity contribution in [2.75, 3.05) is 17.6 Å². The molecule has 5 heterocycles. The Labute approximate surface area is 201 Å². The van der Waals surface area contributed by atoms with Crippen molar-refractivity contribution in [3.8, 4) is 11.3 Å². The zero-order valence-electron chi connectivity index (χ0n) is 19.4. The predicted octanol–water partition coefficient (Wildman–Crippen LogP) is 2.04. The van der Waals surface area contributed by atoms with E-state index in [0.29, 0.717) is 30.4 Å². The summed E-state index contributed by atoms with van der Waals surface area (Å²) in [6, 6.07) is 5.84. The van der Waals surface area contributed by atoms with E-state index in [-0.39, 0.29) is 18.6 Å². The molecule has 178 valence electrons. The number of aliphatic hydroxyl groups excluding tert-OH is 1. The Bertz CT molecular complexity index is 1480. The second kappa shape index (κ2) is 8.31. The van der Waals surface area contributed by atoms with Gasteiger partial charge in [-0.2, -0.15) is 5.10 Å². The van der Waals surface area contributed by atoms with Crippen LogP contribution in [0.3, 0.4) is 0 Å². The summed E-state index contributed by atoms with van der Waals surface area (Å²) in [5, 5.41) is 22.4. The summed E-state index contributed by atoms with van der Waals surface area (Å²) in [7, 11) is 0. The first-order valence-electron chi connectivity index (χ1n) is 11.8. The van der Waals surface area contributed by atoms with Gasteiger partial charge in [0.1, 0.15) is 18.2 Å². The lowest BCUT2D eigenvalue weighted by molar-refractivity contribution is -0.121. The number of aromatic nitrogens is 5. The molecular weight excluding hydrogens is 444 g/mol. The maximum absolute atomic E-state index is 11.8. The van der Waals surface area contributed by atoms with Crippen LogP contribution >= 0.6 is 0 Å². The highest BCUT2D eigenvalue weighted by molar-refractivity contribution is 5.95. The summed E-state index contributed by atoms with van der Waals surface area (Å²) < 4.78 is 1.72. The topological polar surface area (TPSA) is 144 Å². The van der Waals surface area contributed by atoms with Crippen LogP contribution in [-0.4, -0.2) is 48.4 Å². The summed E-state index contributed by atoms with van der Waals surface area (Å²) >= 11 is 0. The third-order valence-corrected chi connectivity index (χ3v) is 6.85. The summed E-state index contributed by atoms with van der Waals surface area (Å²) in [4.78, 5) is 25.6. The first-order chi connectivity index (χ1) is 16.9. The second-order valence-electron chi connectivity index (χ2n) is 9.21. The minimum absolute atomic E-state index is 0.0424. The number of carbonyl (C=O) groups is 1. The van der Waals surface area contributed by atoms with E-state index in [0.717, 1.165) is 63.8 Å². The highest BCUT2D eigenvalue weighted by Crippen LogP contribution is 2.33. The Balaban J connectivity index is 1.35. The minimum atomic E-state index is -0.333. The number of nitrogens with two attached hydrogens (primary N) is 1. The van der Waals surface area contributed by atoms with E-state index >= 15 is 0 Å². The van der Waals surface area contributed by atoms with Crippen LogP contribution in [0.25, 0.3) is 22.0 Å². The average molecular weight is 471 g/mol. The van der Waals surface area contributed by atoms with Gasteiger partial charge >= 0.3 is 0 Å². The summed E-state index contributed by atoms with van der Waals surface area (Å²) in [5.41, 5.74) is 12.2. The number of nitrogens with one attached hydrogen (secondary N) is 2. The van der Waals surface area contributed by atoms with Crippen molar-refractivity contribution < 1.29 is 9.90 Å². The molecule has 0 saturated heterocycles. The first-order valence-corrected chi connectivity index (χ1v) is 11.8. The molecule has 10 heteroatoms. The van der Waals surface area contributed by atoms with Gasteiger partial charge in [0.15, 0.2) is 5.82 Å². The van der Waals surface area contributed by atoms with Gasteiger partial charge in [-0.25, -0.2) is 9.97 Å². The fraction of sp³-hybridized carbons (Fsp3) is 0.320. The SMILES string of the molecule is Cc1c(-c2cc3cc(Nc4cc5n(n4)CC(=O)NCC5)ncc3c(N)n2)cnc2c1C[C@H](O)CC2. The van der Waals surface area contributed by atoms with Gasteiger partial charge in [0.25, 0.3) is 0 Å².